The van der Waals surface area contributed by atoms with E-state index in [0.29, 0.717) is 5.75 Å². The van der Waals surface area contributed by atoms with Crippen molar-refractivity contribution in [2.24, 2.45) is 0 Å². The van der Waals surface area contributed by atoms with E-state index in [1.54, 1.807) is 19.5 Å². The molecule has 0 bridgehead atoms. The van der Waals surface area contributed by atoms with Gasteiger partial charge in [-0.1, -0.05) is 45.0 Å². The van der Waals surface area contributed by atoms with Crippen LogP contribution in [0.5, 0.6) is 5.75 Å². The van der Waals surface area contributed by atoms with Gasteiger partial charge in [0.25, 0.3) is 0 Å². The van der Waals surface area contributed by atoms with Gasteiger partial charge in [0.15, 0.2) is 5.75 Å². The van der Waals surface area contributed by atoms with E-state index in [9.17, 15) is 0 Å². The van der Waals surface area contributed by atoms with Gasteiger partial charge < -0.3 is 14.6 Å². The summed E-state index contributed by atoms with van der Waals surface area (Å²) in [5, 5.41) is 5.32. The van der Waals surface area contributed by atoms with Crippen molar-refractivity contribution in [1.29, 1.82) is 0 Å². The third kappa shape index (κ3) is 2.91. The molecule has 4 aromatic rings. The van der Waals surface area contributed by atoms with E-state index in [-0.39, 0.29) is 10.8 Å². The lowest BCUT2D eigenvalue weighted by Crippen LogP contribution is -2.41. The largest absolute Gasteiger partial charge is 0.494 e. The number of fused-ring (bicyclic) bond motifs is 10. The molecule has 5 heterocycles. The summed E-state index contributed by atoms with van der Waals surface area (Å²) in [6, 6.07) is 9.01. The van der Waals surface area contributed by atoms with Crippen LogP contribution in [0, 0.1) is 0 Å². The van der Waals surface area contributed by atoms with E-state index in [1.807, 2.05) is 0 Å². The number of H-pyrrole nitrogens is 1. The molecule has 0 amide bonds. The molecule has 1 aliphatic carbocycles. The molecule has 188 valence electrons. The Morgan fingerprint density at radius 1 is 1.11 bits per heavy atom. The second kappa shape index (κ2) is 7.57. The number of allylic oxidation sites excluding steroid dienone is 2. The van der Waals surface area contributed by atoms with Gasteiger partial charge >= 0.3 is 0 Å². The second-order valence-electron chi connectivity index (χ2n) is 11.1. The van der Waals surface area contributed by atoms with E-state index in [4.69, 9.17) is 9.84 Å². The topological polar surface area (TPSA) is 71.9 Å². The summed E-state index contributed by atoms with van der Waals surface area (Å²) in [4.78, 5) is 15.0. The number of ether oxygens (including phenoxy) is 1. The summed E-state index contributed by atoms with van der Waals surface area (Å²) in [5.41, 5.74) is 11.2. The number of aromatic nitrogens is 5. The summed E-state index contributed by atoms with van der Waals surface area (Å²) < 4.78 is 7.56. The molecule has 2 aliphatic heterocycles. The fourth-order valence-corrected chi connectivity index (χ4v) is 6.79. The zero-order chi connectivity index (χ0) is 25.5. The standard InChI is InChI=1S/C30H32N6O/c1-6-18-8-7-9-20-23-14-29(2,3)26-22(10-12-31-26)30(23,4)27-21-17-35(28-32-15-19(37-5)16-33-28)13-11-24(21)34-36(27)25(18)20/h7-10,12,14-16,31H,6,11,13,17H2,1-5H3. The van der Waals surface area contributed by atoms with E-state index in [1.165, 1.54) is 50.6 Å². The molecule has 1 unspecified atom stereocenters. The number of anilines is 1. The molecule has 0 spiro atoms. The molecule has 3 aliphatic rings. The first-order chi connectivity index (χ1) is 17.9. The van der Waals surface area contributed by atoms with Gasteiger partial charge in [-0.2, -0.15) is 5.10 Å². The highest BCUT2D eigenvalue weighted by molar-refractivity contribution is 5.89. The van der Waals surface area contributed by atoms with Crippen molar-refractivity contribution in [3.8, 4) is 11.4 Å². The molecule has 1 aromatic carbocycles. The van der Waals surface area contributed by atoms with Crippen LogP contribution in [0.25, 0.3) is 11.3 Å². The highest BCUT2D eigenvalue weighted by Crippen LogP contribution is 2.57. The first-order valence-corrected chi connectivity index (χ1v) is 13.1. The lowest BCUT2D eigenvalue weighted by Gasteiger charge is -2.46. The number of aryl methyl sites for hydroxylation is 1. The van der Waals surface area contributed by atoms with Gasteiger partial charge in [0.05, 0.1) is 42.0 Å². The van der Waals surface area contributed by atoms with E-state index < -0.39 is 0 Å². The summed E-state index contributed by atoms with van der Waals surface area (Å²) in [6.07, 6.45) is 9.88. The van der Waals surface area contributed by atoms with Crippen LogP contribution in [0.15, 0.2) is 48.9 Å². The number of methoxy groups -OCH3 is 1. The summed E-state index contributed by atoms with van der Waals surface area (Å²) in [7, 11) is 1.64. The molecule has 7 rings (SSSR count). The molecule has 0 saturated carbocycles. The monoisotopic (exact) mass is 492 g/mol. The fraction of sp³-hybridized carbons (Fsp3) is 0.367. The number of aromatic amines is 1. The molecule has 3 aromatic heterocycles. The third-order valence-corrected chi connectivity index (χ3v) is 8.62. The van der Waals surface area contributed by atoms with Gasteiger partial charge in [-0.15, -0.1) is 0 Å². The molecule has 0 saturated heterocycles. The molecule has 0 radical (unpaired) electrons. The Labute approximate surface area is 217 Å². The van der Waals surface area contributed by atoms with Gasteiger partial charge in [-0.05, 0) is 36.1 Å². The molecule has 1 atom stereocenters. The van der Waals surface area contributed by atoms with Crippen LogP contribution in [0.1, 0.15) is 67.0 Å². The minimum atomic E-state index is -0.325. The van der Waals surface area contributed by atoms with Crippen molar-refractivity contribution in [2.75, 3.05) is 18.6 Å². The summed E-state index contributed by atoms with van der Waals surface area (Å²) in [5.74, 6) is 1.39. The average molecular weight is 493 g/mol. The van der Waals surface area contributed by atoms with Gasteiger partial charge in [0.1, 0.15) is 0 Å². The quantitative estimate of drug-likeness (QED) is 0.430. The second-order valence-corrected chi connectivity index (χ2v) is 11.1. The van der Waals surface area contributed by atoms with Crippen molar-refractivity contribution in [1.82, 2.24) is 24.7 Å². The normalized spacial score (nSPS) is 20.8. The molecule has 7 heteroatoms. The van der Waals surface area contributed by atoms with E-state index >= 15 is 0 Å². The maximum Gasteiger partial charge on any atom is 0.225 e. The number of rotatable bonds is 3. The zero-order valence-corrected chi connectivity index (χ0v) is 22.1. The van der Waals surface area contributed by atoms with Crippen molar-refractivity contribution >= 4 is 11.5 Å². The maximum atomic E-state index is 5.32. The minimum Gasteiger partial charge on any atom is -0.494 e. The Hall–Kier alpha value is -3.87. The van der Waals surface area contributed by atoms with Crippen LogP contribution in [-0.4, -0.2) is 38.4 Å². The molecule has 1 N–H and O–H groups in total. The Bertz CT molecular complexity index is 1570. The molecular weight excluding hydrogens is 460 g/mol. The Morgan fingerprint density at radius 2 is 1.92 bits per heavy atom. The number of hydrogen-bond acceptors (Lipinski definition) is 5. The van der Waals surface area contributed by atoms with Crippen molar-refractivity contribution < 1.29 is 4.74 Å². The number of benzene rings is 1. The third-order valence-electron chi connectivity index (χ3n) is 8.62. The first-order valence-electron chi connectivity index (χ1n) is 13.1. The summed E-state index contributed by atoms with van der Waals surface area (Å²) >= 11 is 0. The molecule has 7 nitrogen and oxygen atoms in total. The maximum absolute atomic E-state index is 5.32. The molecule has 0 fully saturated rings. The van der Waals surface area contributed by atoms with Gasteiger partial charge in [0.2, 0.25) is 5.95 Å². The predicted molar refractivity (Wildman–Crippen MR) is 145 cm³/mol. The SMILES string of the molecule is CCc1cccc2c1-n1nc3c(c1C1(C)C2=CC(C)(C)c2[nH]ccc21)CN(c1ncc(OC)cn1)CC3. The Morgan fingerprint density at radius 3 is 2.68 bits per heavy atom. The van der Waals surface area contributed by atoms with Crippen LogP contribution in [0.4, 0.5) is 5.95 Å². The highest BCUT2D eigenvalue weighted by atomic mass is 16.5. The predicted octanol–water partition coefficient (Wildman–Crippen LogP) is 5.12. The van der Waals surface area contributed by atoms with Gasteiger partial charge in [0, 0.05) is 47.9 Å². The zero-order valence-electron chi connectivity index (χ0n) is 22.1. The van der Waals surface area contributed by atoms with Crippen molar-refractivity contribution in [2.45, 2.75) is 57.9 Å². The fourth-order valence-electron chi connectivity index (χ4n) is 6.79. The highest BCUT2D eigenvalue weighted by Gasteiger charge is 2.51. The number of hydrogen-bond donors (Lipinski definition) is 1. The average Bonchev–Trinajstić information content (AvgIpc) is 3.57. The lowest BCUT2D eigenvalue weighted by atomic mass is 9.60. The van der Waals surface area contributed by atoms with Gasteiger partial charge in [-0.25, -0.2) is 14.6 Å². The van der Waals surface area contributed by atoms with Gasteiger partial charge in [-0.3, -0.25) is 0 Å². The van der Waals surface area contributed by atoms with Crippen LogP contribution < -0.4 is 9.64 Å². The molecule has 37 heavy (non-hydrogen) atoms. The minimum absolute atomic E-state index is 0.0988. The van der Waals surface area contributed by atoms with E-state index in [2.05, 4.69) is 88.8 Å². The van der Waals surface area contributed by atoms with E-state index in [0.717, 1.165) is 31.9 Å². The summed E-state index contributed by atoms with van der Waals surface area (Å²) in [6.45, 7) is 10.8. The van der Waals surface area contributed by atoms with Crippen LogP contribution in [0.3, 0.4) is 0 Å². The number of nitrogens with zero attached hydrogens (tertiary/aromatic N) is 5. The lowest BCUT2D eigenvalue weighted by molar-refractivity contribution is 0.410. The van der Waals surface area contributed by atoms with Crippen LogP contribution in [0.2, 0.25) is 0 Å². The first kappa shape index (κ1) is 22.3. The Balaban J connectivity index is 1.48. The molecular formula is C30H32N6O. The smallest absolute Gasteiger partial charge is 0.225 e. The van der Waals surface area contributed by atoms with Crippen LogP contribution >= 0.6 is 0 Å². The number of nitrogens with one attached hydrogen (secondary N) is 1. The van der Waals surface area contributed by atoms with Crippen LogP contribution in [-0.2, 0) is 30.2 Å². The number of para-hydroxylation sites is 1. The Kier molecular flexibility index (Phi) is 4.57. The van der Waals surface area contributed by atoms with Crippen molar-refractivity contribution in [3.05, 3.63) is 88.3 Å². The van der Waals surface area contributed by atoms with Crippen molar-refractivity contribution in [3.63, 3.8) is 0 Å².